The fourth-order valence-corrected chi connectivity index (χ4v) is 5.04. The Morgan fingerprint density at radius 3 is 2.36 bits per heavy atom. The first-order chi connectivity index (χ1) is 15.8. The van der Waals surface area contributed by atoms with Crippen molar-refractivity contribution in [2.75, 3.05) is 26.2 Å². The smallest absolute Gasteiger partial charge is 0.338 e. The normalized spacial score (nSPS) is 14.8. The van der Waals surface area contributed by atoms with E-state index in [0.29, 0.717) is 13.1 Å². The van der Waals surface area contributed by atoms with Gasteiger partial charge < -0.3 is 9.64 Å². The lowest BCUT2D eigenvalue weighted by atomic mass is 10.2. The molecule has 1 amide bonds. The molecule has 0 N–H and O–H groups in total. The second-order valence-corrected chi connectivity index (χ2v) is 9.57. The third-order valence-corrected chi connectivity index (χ3v) is 7.36. The molecular formula is C23H24N4O5S. The van der Waals surface area contributed by atoms with Crippen molar-refractivity contribution in [3.8, 4) is 5.69 Å². The lowest BCUT2D eigenvalue weighted by Gasteiger charge is -2.33. The van der Waals surface area contributed by atoms with Crippen molar-refractivity contribution < 1.29 is 22.7 Å². The number of ether oxygens (including phenoxy) is 1. The quantitative estimate of drug-likeness (QED) is 0.514. The van der Waals surface area contributed by atoms with Gasteiger partial charge in [0.2, 0.25) is 15.9 Å². The van der Waals surface area contributed by atoms with Crippen molar-refractivity contribution in [1.29, 1.82) is 0 Å². The number of carbonyl (C=O) groups is 2. The van der Waals surface area contributed by atoms with Gasteiger partial charge in [0.15, 0.2) is 0 Å². The number of piperazine rings is 1. The van der Waals surface area contributed by atoms with Crippen LogP contribution in [0.15, 0.2) is 71.9 Å². The predicted octanol–water partition coefficient (Wildman–Crippen LogP) is 2.08. The highest BCUT2D eigenvalue weighted by atomic mass is 32.2. The highest BCUT2D eigenvalue weighted by Gasteiger charge is 2.29. The molecule has 1 saturated heterocycles. The van der Waals surface area contributed by atoms with Crippen LogP contribution in [0.5, 0.6) is 0 Å². The number of hydrogen-bond acceptors (Lipinski definition) is 6. The summed E-state index contributed by atoms with van der Waals surface area (Å²) in [5.74, 6) is -0.683. The highest BCUT2D eigenvalue weighted by Crippen LogP contribution is 2.20. The molecule has 1 aromatic heterocycles. The number of nitrogens with zero attached hydrogens (tertiary/aromatic N) is 4. The summed E-state index contributed by atoms with van der Waals surface area (Å²) in [6.07, 6.45) is 3.52. The summed E-state index contributed by atoms with van der Waals surface area (Å²) in [7, 11) is -3.78. The van der Waals surface area contributed by atoms with Crippen molar-refractivity contribution >= 4 is 21.9 Å². The maximum Gasteiger partial charge on any atom is 0.338 e. The van der Waals surface area contributed by atoms with Gasteiger partial charge in [-0.2, -0.15) is 9.40 Å². The van der Waals surface area contributed by atoms with E-state index in [1.807, 2.05) is 36.5 Å². The summed E-state index contributed by atoms with van der Waals surface area (Å²) in [5, 5.41) is 4.16. The third kappa shape index (κ3) is 5.12. The first kappa shape index (κ1) is 22.7. The van der Waals surface area contributed by atoms with Gasteiger partial charge in [0, 0.05) is 45.5 Å². The molecule has 10 heteroatoms. The Bertz CT molecular complexity index is 1230. The molecule has 0 unspecified atom stereocenters. The Morgan fingerprint density at radius 1 is 1.00 bits per heavy atom. The van der Waals surface area contributed by atoms with Crippen LogP contribution >= 0.6 is 0 Å². The van der Waals surface area contributed by atoms with Crippen LogP contribution in [0.3, 0.4) is 0 Å². The van der Waals surface area contributed by atoms with Gasteiger partial charge in [-0.05, 0) is 42.0 Å². The Morgan fingerprint density at radius 2 is 1.73 bits per heavy atom. The minimum absolute atomic E-state index is 0.0248. The number of amides is 1. The fraction of sp³-hybridized carbons (Fsp3) is 0.261. The topological polar surface area (TPSA) is 102 Å². The Hall–Kier alpha value is -3.50. The average molecular weight is 469 g/mol. The number of aromatic nitrogens is 2. The molecule has 2 aromatic carbocycles. The largest absolute Gasteiger partial charge is 0.457 e. The second kappa shape index (κ2) is 9.55. The van der Waals surface area contributed by atoms with E-state index in [1.54, 1.807) is 15.8 Å². The first-order valence-corrected chi connectivity index (χ1v) is 11.9. The summed E-state index contributed by atoms with van der Waals surface area (Å²) >= 11 is 0. The molecule has 172 valence electrons. The van der Waals surface area contributed by atoms with Gasteiger partial charge in [0.1, 0.15) is 6.61 Å². The van der Waals surface area contributed by atoms with Crippen molar-refractivity contribution in [1.82, 2.24) is 19.0 Å². The predicted molar refractivity (Wildman–Crippen MR) is 120 cm³/mol. The second-order valence-electron chi connectivity index (χ2n) is 7.63. The van der Waals surface area contributed by atoms with Crippen LogP contribution in [-0.4, -0.2) is 65.5 Å². The molecule has 4 rings (SSSR count). The zero-order valence-electron chi connectivity index (χ0n) is 18.1. The van der Waals surface area contributed by atoms with Gasteiger partial charge >= 0.3 is 5.97 Å². The van der Waals surface area contributed by atoms with Gasteiger partial charge in [0.25, 0.3) is 0 Å². The first-order valence-electron chi connectivity index (χ1n) is 10.5. The van der Waals surface area contributed by atoms with E-state index in [-0.39, 0.29) is 36.1 Å². The molecule has 0 radical (unpaired) electrons. The van der Waals surface area contributed by atoms with Gasteiger partial charge in [-0.25, -0.2) is 17.9 Å². The average Bonchev–Trinajstić information content (AvgIpc) is 3.38. The summed E-state index contributed by atoms with van der Waals surface area (Å²) in [4.78, 5) is 25.7. The zero-order chi connectivity index (χ0) is 23.4. The molecular weight excluding hydrogens is 444 g/mol. The number of benzene rings is 2. The molecule has 33 heavy (non-hydrogen) atoms. The molecule has 3 aromatic rings. The van der Waals surface area contributed by atoms with E-state index in [4.69, 9.17) is 4.74 Å². The van der Waals surface area contributed by atoms with Crippen molar-refractivity contribution in [2.45, 2.75) is 18.4 Å². The van der Waals surface area contributed by atoms with Crippen LogP contribution in [0.2, 0.25) is 0 Å². The maximum absolute atomic E-state index is 13.0. The summed E-state index contributed by atoms with van der Waals surface area (Å²) < 4.78 is 34.5. The van der Waals surface area contributed by atoms with Crippen molar-refractivity contribution in [3.63, 3.8) is 0 Å². The van der Waals surface area contributed by atoms with E-state index in [9.17, 15) is 18.0 Å². The van der Waals surface area contributed by atoms with Gasteiger partial charge in [-0.3, -0.25) is 4.79 Å². The molecule has 2 heterocycles. The number of sulfonamides is 1. The Kier molecular flexibility index (Phi) is 6.57. The maximum atomic E-state index is 13.0. The molecule has 1 aliphatic heterocycles. The lowest BCUT2D eigenvalue weighted by Crippen LogP contribution is -2.49. The number of carbonyl (C=O) groups excluding carboxylic acids is 2. The van der Waals surface area contributed by atoms with Crippen LogP contribution in [0.25, 0.3) is 5.69 Å². The number of esters is 1. The fourth-order valence-electron chi connectivity index (χ4n) is 3.57. The van der Waals surface area contributed by atoms with E-state index < -0.39 is 16.0 Å². The van der Waals surface area contributed by atoms with Gasteiger partial charge in [0.05, 0.1) is 16.1 Å². The SMILES string of the molecule is CC(=O)N1CCN(S(=O)(=O)c2cccc(C(=O)OCc3ccc(-n4cccn4)cc3)c2)CC1. The van der Waals surface area contributed by atoms with E-state index in [2.05, 4.69) is 5.10 Å². The number of rotatable bonds is 6. The monoisotopic (exact) mass is 468 g/mol. The molecule has 1 fully saturated rings. The van der Waals surface area contributed by atoms with Crippen LogP contribution in [0.1, 0.15) is 22.8 Å². The standard InChI is InChI=1S/C23H24N4O5S/c1-18(28)25-12-14-26(15-13-25)33(30,31)22-5-2-4-20(16-22)23(29)32-17-19-6-8-21(9-7-19)27-11-3-10-24-27/h2-11,16H,12-15,17H2,1H3. The van der Waals surface area contributed by atoms with Crippen molar-refractivity contribution in [3.05, 3.63) is 78.1 Å². The van der Waals surface area contributed by atoms with Crippen LogP contribution < -0.4 is 0 Å². The van der Waals surface area contributed by atoms with Gasteiger partial charge in [-0.1, -0.05) is 18.2 Å². The molecule has 9 nitrogen and oxygen atoms in total. The van der Waals surface area contributed by atoms with Crippen LogP contribution in [0.4, 0.5) is 0 Å². The van der Waals surface area contributed by atoms with E-state index in [0.717, 1.165) is 11.3 Å². The lowest BCUT2D eigenvalue weighted by molar-refractivity contribution is -0.129. The summed E-state index contributed by atoms with van der Waals surface area (Å²) in [6, 6.07) is 15.1. The van der Waals surface area contributed by atoms with E-state index in [1.165, 1.54) is 35.5 Å². The third-order valence-electron chi connectivity index (χ3n) is 5.47. The molecule has 0 bridgehead atoms. The van der Waals surface area contributed by atoms with E-state index >= 15 is 0 Å². The summed E-state index contributed by atoms with van der Waals surface area (Å²) in [5.41, 5.74) is 1.84. The van der Waals surface area contributed by atoms with Crippen molar-refractivity contribution in [2.24, 2.45) is 0 Å². The van der Waals surface area contributed by atoms with Crippen LogP contribution in [-0.2, 0) is 26.2 Å². The Labute approximate surface area is 192 Å². The Balaban J connectivity index is 1.40. The van der Waals surface area contributed by atoms with Gasteiger partial charge in [-0.15, -0.1) is 0 Å². The zero-order valence-corrected chi connectivity index (χ0v) is 18.9. The molecule has 1 aliphatic rings. The molecule has 0 spiro atoms. The number of hydrogen-bond donors (Lipinski definition) is 0. The summed E-state index contributed by atoms with van der Waals surface area (Å²) in [6.45, 7) is 2.64. The van der Waals surface area contributed by atoms with Crippen LogP contribution in [0, 0.1) is 0 Å². The molecule has 0 saturated carbocycles. The molecule has 0 atom stereocenters. The minimum atomic E-state index is -3.78. The molecule has 0 aliphatic carbocycles. The highest BCUT2D eigenvalue weighted by molar-refractivity contribution is 7.89. The minimum Gasteiger partial charge on any atom is -0.457 e.